The third-order valence-corrected chi connectivity index (χ3v) is 3.44. The fourth-order valence-corrected chi connectivity index (χ4v) is 2.21. The van der Waals surface area contributed by atoms with Gasteiger partial charge in [0.1, 0.15) is 0 Å². The molecule has 0 aliphatic rings. The van der Waals surface area contributed by atoms with Gasteiger partial charge < -0.3 is 5.73 Å². The fourth-order valence-electron chi connectivity index (χ4n) is 1.22. The third-order valence-electron chi connectivity index (χ3n) is 2.08. The Hall–Kier alpha value is -0.600. The van der Waals surface area contributed by atoms with Gasteiger partial charge in [0.15, 0.2) is 0 Å². The first kappa shape index (κ1) is 10.5. The molecule has 0 spiro atoms. The van der Waals surface area contributed by atoms with Gasteiger partial charge in [-0.3, -0.25) is 0 Å². The van der Waals surface area contributed by atoms with Crippen molar-refractivity contribution < 1.29 is 0 Å². The molecule has 2 heteroatoms. The number of nitrogens with two attached hydrogens (primary N) is 1. The van der Waals surface area contributed by atoms with Gasteiger partial charge in [-0.15, -0.1) is 17.9 Å². The van der Waals surface area contributed by atoms with Crippen LogP contribution in [0.25, 0.3) is 0 Å². The second-order valence-corrected chi connectivity index (χ2v) is 4.33. The monoisotopic (exact) mass is 195 g/mol. The van der Waals surface area contributed by atoms with E-state index in [1.165, 1.54) is 9.75 Å². The van der Waals surface area contributed by atoms with Crippen molar-refractivity contribution in [3.8, 4) is 0 Å². The van der Waals surface area contributed by atoms with Gasteiger partial charge in [-0.1, -0.05) is 13.0 Å². The molecule has 0 aliphatic carbocycles. The number of allylic oxidation sites excluding steroid dienone is 1. The molecule has 0 fully saturated rings. The average Bonchev–Trinajstić information content (AvgIpc) is 2.62. The van der Waals surface area contributed by atoms with Gasteiger partial charge in [0, 0.05) is 15.8 Å². The minimum atomic E-state index is 0.197. The highest BCUT2D eigenvalue weighted by atomic mass is 32.1. The smallest absolute Gasteiger partial charge is 0.0392 e. The molecule has 0 radical (unpaired) electrons. The van der Waals surface area contributed by atoms with Crippen molar-refractivity contribution >= 4 is 11.3 Å². The second-order valence-electron chi connectivity index (χ2n) is 3.13. The zero-order valence-electron chi connectivity index (χ0n) is 8.12. The number of rotatable bonds is 5. The Bertz CT molecular complexity index is 265. The largest absolute Gasteiger partial charge is 0.323 e. The number of hydrogen-bond donors (Lipinski definition) is 1. The molecule has 2 N–H and O–H groups in total. The molecule has 1 nitrogen and oxygen atoms in total. The summed E-state index contributed by atoms with van der Waals surface area (Å²) in [6, 6.07) is 4.52. The lowest BCUT2D eigenvalue weighted by molar-refractivity contribution is 0.673. The van der Waals surface area contributed by atoms with Crippen molar-refractivity contribution in [3.63, 3.8) is 0 Å². The first-order chi connectivity index (χ1) is 6.27. The van der Waals surface area contributed by atoms with Crippen molar-refractivity contribution in [1.82, 2.24) is 0 Å². The molecule has 0 saturated carbocycles. The van der Waals surface area contributed by atoms with E-state index in [0.717, 1.165) is 19.3 Å². The molecule has 0 aromatic carbocycles. The van der Waals surface area contributed by atoms with Gasteiger partial charge in [-0.25, -0.2) is 0 Å². The molecular weight excluding hydrogens is 178 g/mol. The summed E-state index contributed by atoms with van der Waals surface area (Å²) in [5.41, 5.74) is 6.01. The van der Waals surface area contributed by atoms with Gasteiger partial charge in [-0.05, 0) is 31.4 Å². The van der Waals surface area contributed by atoms with E-state index < -0.39 is 0 Å². The SMILES string of the molecule is C=CCC[C@H](N)c1ccc(CC)s1. The van der Waals surface area contributed by atoms with E-state index in [1.807, 2.05) is 17.4 Å². The van der Waals surface area contributed by atoms with Crippen LogP contribution in [0.4, 0.5) is 0 Å². The molecule has 1 aromatic heterocycles. The maximum absolute atomic E-state index is 6.01. The fraction of sp³-hybridized carbons (Fsp3) is 0.455. The zero-order valence-corrected chi connectivity index (χ0v) is 8.94. The summed E-state index contributed by atoms with van der Waals surface area (Å²) in [4.78, 5) is 2.72. The summed E-state index contributed by atoms with van der Waals surface area (Å²) in [5.74, 6) is 0. The molecule has 1 heterocycles. The summed E-state index contributed by atoms with van der Waals surface area (Å²) in [7, 11) is 0. The van der Waals surface area contributed by atoms with Crippen LogP contribution in [0.5, 0.6) is 0 Å². The highest BCUT2D eigenvalue weighted by molar-refractivity contribution is 7.12. The molecule has 72 valence electrons. The predicted molar refractivity (Wildman–Crippen MR) is 60.1 cm³/mol. The van der Waals surface area contributed by atoms with Crippen LogP contribution in [-0.2, 0) is 6.42 Å². The van der Waals surface area contributed by atoms with Crippen molar-refractivity contribution in [1.29, 1.82) is 0 Å². The third kappa shape index (κ3) is 2.98. The van der Waals surface area contributed by atoms with Crippen molar-refractivity contribution in [3.05, 3.63) is 34.5 Å². The lowest BCUT2D eigenvalue weighted by Gasteiger charge is -2.06. The van der Waals surface area contributed by atoms with Crippen LogP contribution in [0, 0.1) is 0 Å². The molecule has 0 bridgehead atoms. The number of thiophene rings is 1. The standard InChI is InChI=1S/C11H17NS/c1-3-5-6-10(12)11-8-7-9(4-2)13-11/h3,7-8,10H,1,4-6,12H2,2H3/t10-/m0/s1. The Morgan fingerprint density at radius 3 is 2.92 bits per heavy atom. The average molecular weight is 195 g/mol. The van der Waals surface area contributed by atoms with Crippen LogP contribution >= 0.6 is 11.3 Å². The van der Waals surface area contributed by atoms with Crippen molar-refractivity contribution in [2.45, 2.75) is 32.2 Å². The Kier molecular flexibility index (Phi) is 4.19. The predicted octanol–water partition coefficient (Wildman–Crippen LogP) is 3.28. The van der Waals surface area contributed by atoms with Gasteiger partial charge in [0.2, 0.25) is 0 Å². The van der Waals surface area contributed by atoms with E-state index in [2.05, 4.69) is 25.6 Å². The van der Waals surface area contributed by atoms with E-state index in [1.54, 1.807) is 0 Å². The van der Waals surface area contributed by atoms with E-state index >= 15 is 0 Å². The Balaban J connectivity index is 2.54. The second kappa shape index (κ2) is 5.20. The van der Waals surface area contributed by atoms with Gasteiger partial charge in [0.05, 0.1) is 0 Å². The van der Waals surface area contributed by atoms with E-state index in [-0.39, 0.29) is 6.04 Å². The van der Waals surface area contributed by atoms with E-state index in [4.69, 9.17) is 5.73 Å². The molecule has 1 aromatic rings. The zero-order chi connectivity index (χ0) is 9.68. The van der Waals surface area contributed by atoms with Gasteiger partial charge >= 0.3 is 0 Å². The maximum atomic E-state index is 6.01. The van der Waals surface area contributed by atoms with Crippen LogP contribution in [0.3, 0.4) is 0 Å². The first-order valence-electron chi connectivity index (χ1n) is 4.73. The van der Waals surface area contributed by atoms with Crippen LogP contribution in [0.1, 0.15) is 35.6 Å². The molecule has 1 rings (SSSR count). The lowest BCUT2D eigenvalue weighted by atomic mass is 10.1. The topological polar surface area (TPSA) is 26.0 Å². The summed E-state index contributed by atoms with van der Waals surface area (Å²) < 4.78 is 0. The Morgan fingerprint density at radius 2 is 2.38 bits per heavy atom. The Morgan fingerprint density at radius 1 is 1.62 bits per heavy atom. The molecule has 0 aliphatic heterocycles. The normalized spacial score (nSPS) is 12.8. The molecule has 0 amide bonds. The Labute approximate surface area is 84.3 Å². The van der Waals surface area contributed by atoms with E-state index in [9.17, 15) is 0 Å². The van der Waals surface area contributed by atoms with Gasteiger partial charge in [-0.2, -0.15) is 0 Å². The summed E-state index contributed by atoms with van der Waals surface area (Å²) in [5, 5.41) is 0. The molecule has 1 atom stereocenters. The van der Waals surface area contributed by atoms with Gasteiger partial charge in [0.25, 0.3) is 0 Å². The van der Waals surface area contributed by atoms with Crippen molar-refractivity contribution in [2.75, 3.05) is 0 Å². The van der Waals surface area contributed by atoms with Crippen LogP contribution in [0.2, 0.25) is 0 Å². The minimum Gasteiger partial charge on any atom is -0.323 e. The number of aryl methyl sites for hydroxylation is 1. The molecule has 13 heavy (non-hydrogen) atoms. The molecule has 0 unspecified atom stereocenters. The summed E-state index contributed by atoms with van der Waals surface area (Å²) in [6.45, 7) is 5.87. The summed E-state index contributed by atoms with van der Waals surface area (Å²) >= 11 is 1.83. The van der Waals surface area contributed by atoms with Crippen LogP contribution in [-0.4, -0.2) is 0 Å². The lowest BCUT2D eigenvalue weighted by Crippen LogP contribution is -2.07. The van der Waals surface area contributed by atoms with E-state index in [0.29, 0.717) is 0 Å². The van der Waals surface area contributed by atoms with Crippen LogP contribution in [0.15, 0.2) is 24.8 Å². The first-order valence-corrected chi connectivity index (χ1v) is 5.54. The van der Waals surface area contributed by atoms with Crippen LogP contribution < -0.4 is 5.73 Å². The van der Waals surface area contributed by atoms with Crippen molar-refractivity contribution in [2.24, 2.45) is 5.73 Å². The highest BCUT2D eigenvalue weighted by Crippen LogP contribution is 2.24. The summed E-state index contributed by atoms with van der Waals surface area (Å²) in [6.07, 6.45) is 5.04. The molecular formula is C11H17NS. The maximum Gasteiger partial charge on any atom is 0.0392 e. The highest BCUT2D eigenvalue weighted by Gasteiger charge is 2.07. The molecule has 0 saturated heterocycles. The number of hydrogen-bond acceptors (Lipinski definition) is 2. The minimum absolute atomic E-state index is 0.197. The quantitative estimate of drug-likeness (QED) is 0.717.